The van der Waals surface area contributed by atoms with E-state index < -0.39 is 52.0 Å². The van der Waals surface area contributed by atoms with Gasteiger partial charge in [-0.3, -0.25) is 13.9 Å². The van der Waals surface area contributed by atoms with Crippen LogP contribution in [0.1, 0.15) is 42.0 Å². The Bertz CT molecular complexity index is 1780. The first-order valence-corrected chi connectivity index (χ1v) is 16.9. The number of anilines is 1. The fourth-order valence-electron chi connectivity index (χ4n) is 5.05. The summed E-state index contributed by atoms with van der Waals surface area (Å²) in [5, 5.41) is 2.85. The summed E-state index contributed by atoms with van der Waals surface area (Å²) >= 11 is 0. The monoisotopic (exact) mass is 683 g/mol. The van der Waals surface area contributed by atoms with Crippen molar-refractivity contribution < 1.29 is 35.6 Å². The normalized spacial score (nSPS) is 12.3. The highest BCUT2D eigenvalue weighted by Crippen LogP contribution is 2.33. The maximum atomic E-state index is 14.4. The number of sulfonamides is 1. The van der Waals surface area contributed by atoms with Gasteiger partial charge >= 0.3 is 6.18 Å². The molecule has 4 aromatic rings. The molecule has 7 nitrogen and oxygen atoms in total. The van der Waals surface area contributed by atoms with Crippen molar-refractivity contribution >= 4 is 27.5 Å². The highest BCUT2D eigenvalue weighted by molar-refractivity contribution is 7.92. The lowest BCUT2D eigenvalue weighted by molar-refractivity contribution is -0.140. The molecule has 0 aliphatic heterocycles. The number of hydrogen-bond donors (Lipinski definition) is 1. The van der Waals surface area contributed by atoms with E-state index in [9.17, 15) is 35.6 Å². The van der Waals surface area contributed by atoms with E-state index in [-0.39, 0.29) is 23.5 Å². The summed E-state index contributed by atoms with van der Waals surface area (Å²) in [4.78, 5) is 29.1. The average molecular weight is 684 g/mol. The number of unbranched alkanes of at least 4 members (excludes halogenated alkanes) is 1. The Morgan fingerprint density at radius 1 is 0.854 bits per heavy atom. The number of nitrogens with one attached hydrogen (secondary N) is 1. The Hall–Kier alpha value is -4.71. The molecule has 4 aromatic carbocycles. The number of nitrogens with zero attached hydrogens (tertiary/aromatic N) is 2. The maximum absolute atomic E-state index is 14.4. The number of alkyl halides is 3. The second-order valence-corrected chi connectivity index (χ2v) is 13.2. The van der Waals surface area contributed by atoms with Crippen molar-refractivity contribution in [3.8, 4) is 0 Å². The molecule has 0 bridgehead atoms. The molecule has 12 heteroatoms. The Balaban J connectivity index is 1.83. The number of rotatable bonds is 14. The van der Waals surface area contributed by atoms with E-state index in [1.807, 2.05) is 6.92 Å². The number of benzene rings is 4. The molecular weight excluding hydrogens is 646 g/mol. The average Bonchev–Trinajstić information content (AvgIpc) is 3.06. The first-order chi connectivity index (χ1) is 22.8. The van der Waals surface area contributed by atoms with Crippen molar-refractivity contribution in [2.24, 2.45) is 0 Å². The minimum Gasteiger partial charge on any atom is -0.354 e. The summed E-state index contributed by atoms with van der Waals surface area (Å²) in [6.07, 6.45) is -3.26. The molecular formula is C36H37F4N3O4S. The molecule has 0 heterocycles. The van der Waals surface area contributed by atoms with E-state index in [0.29, 0.717) is 34.5 Å². The van der Waals surface area contributed by atoms with Crippen LogP contribution in [0.2, 0.25) is 0 Å². The van der Waals surface area contributed by atoms with Crippen LogP contribution >= 0.6 is 0 Å². The minimum absolute atomic E-state index is 0.0556. The molecule has 0 aliphatic rings. The van der Waals surface area contributed by atoms with E-state index in [1.54, 1.807) is 37.3 Å². The maximum Gasteiger partial charge on any atom is 0.416 e. The number of aryl methyl sites for hydroxylation is 1. The van der Waals surface area contributed by atoms with Crippen LogP contribution in [0.3, 0.4) is 0 Å². The summed E-state index contributed by atoms with van der Waals surface area (Å²) in [5.74, 6) is -1.86. The number of carbonyl (C=O) groups excluding carboxylic acids is 2. The molecule has 0 saturated carbocycles. The smallest absolute Gasteiger partial charge is 0.354 e. The Morgan fingerprint density at radius 3 is 2.15 bits per heavy atom. The summed E-state index contributed by atoms with van der Waals surface area (Å²) in [6, 6.07) is 22.5. The number of hydrogen-bond acceptors (Lipinski definition) is 4. The third-order valence-corrected chi connectivity index (χ3v) is 9.50. The standard InChI is InChI=1S/C36H37F4N3O4S/c1-3-4-21-41-35(45)33(22-27-9-6-5-7-10-27)42(24-28-15-17-30(37)18-16-28)34(44)25-43(31-12-8-11-29(23-31)36(38,39)40)48(46,47)32-19-13-26(2)14-20-32/h5-20,23,33H,3-4,21-22,24-25H2,1-2H3,(H,41,45)/t33-/m0/s1. The van der Waals surface area contributed by atoms with Crippen molar-refractivity contribution in [1.82, 2.24) is 10.2 Å². The van der Waals surface area contributed by atoms with Crippen LogP contribution in [-0.4, -0.2) is 44.3 Å². The number of carbonyl (C=O) groups is 2. The molecule has 2 amide bonds. The van der Waals surface area contributed by atoms with Crippen molar-refractivity contribution in [2.45, 2.75) is 56.8 Å². The molecule has 0 unspecified atom stereocenters. The van der Waals surface area contributed by atoms with Gasteiger partial charge in [0, 0.05) is 19.5 Å². The van der Waals surface area contributed by atoms with E-state index >= 15 is 0 Å². The molecule has 0 saturated heterocycles. The van der Waals surface area contributed by atoms with Crippen LogP contribution < -0.4 is 9.62 Å². The molecule has 48 heavy (non-hydrogen) atoms. The molecule has 4 rings (SSSR count). The molecule has 0 aromatic heterocycles. The first-order valence-electron chi connectivity index (χ1n) is 15.4. The van der Waals surface area contributed by atoms with Gasteiger partial charge < -0.3 is 10.2 Å². The van der Waals surface area contributed by atoms with Crippen molar-refractivity contribution in [2.75, 3.05) is 17.4 Å². The van der Waals surface area contributed by atoms with E-state index in [2.05, 4.69) is 5.32 Å². The van der Waals surface area contributed by atoms with Crippen LogP contribution in [-0.2, 0) is 38.8 Å². The van der Waals surface area contributed by atoms with Gasteiger partial charge in [0.05, 0.1) is 16.1 Å². The Labute approximate surface area is 278 Å². The molecule has 254 valence electrons. The zero-order chi connectivity index (χ0) is 34.9. The second-order valence-electron chi connectivity index (χ2n) is 11.4. The van der Waals surface area contributed by atoms with Crippen molar-refractivity contribution in [3.63, 3.8) is 0 Å². The summed E-state index contributed by atoms with van der Waals surface area (Å²) in [7, 11) is -4.59. The van der Waals surface area contributed by atoms with Crippen LogP contribution in [0.25, 0.3) is 0 Å². The van der Waals surface area contributed by atoms with Gasteiger partial charge in [-0.05, 0) is 66.9 Å². The molecule has 0 fully saturated rings. The fourth-order valence-corrected chi connectivity index (χ4v) is 6.46. The van der Waals surface area contributed by atoms with Gasteiger partial charge in [0.1, 0.15) is 18.4 Å². The lowest BCUT2D eigenvalue weighted by Crippen LogP contribution is -2.53. The lowest BCUT2D eigenvalue weighted by Gasteiger charge is -2.34. The largest absolute Gasteiger partial charge is 0.416 e. The minimum atomic E-state index is -4.79. The molecule has 0 spiro atoms. The molecule has 0 radical (unpaired) electrons. The van der Waals surface area contributed by atoms with Gasteiger partial charge in [0.15, 0.2) is 0 Å². The van der Waals surface area contributed by atoms with Gasteiger partial charge in [0.25, 0.3) is 10.0 Å². The zero-order valence-electron chi connectivity index (χ0n) is 26.6. The fraction of sp³-hybridized carbons (Fsp3) is 0.278. The predicted octanol–water partition coefficient (Wildman–Crippen LogP) is 6.90. The summed E-state index contributed by atoms with van der Waals surface area (Å²) < 4.78 is 83.9. The SMILES string of the molecule is CCCCNC(=O)[C@H](Cc1ccccc1)N(Cc1ccc(F)cc1)C(=O)CN(c1cccc(C(F)(F)F)c1)S(=O)(=O)c1ccc(C)cc1. The number of halogens is 4. The van der Waals surface area contributed by atoms with Gasteiger partial charge in [-0.15, -0.1) is 0 Å². The molecule has 1 atom stereocenters. The highest BCUT2D eigenvalue weighted by Gasteiger charge is 2.36. The Kier molecular flexibility index (Phi) is 12.0. The molecule has 1 N–H and O–H groups in total. The summed E-state index contributed by atoms with van der Waals surface area (Å²) in [5.41, 5.74) is 0.437. The topological polar surface area (TPSA) is 86.8 Å². The lowest BCUT2D eigenvalue weighted by atomic mass is 10.0. The van der Waals surface area contributed by atoms with Crippen LogP contribution in [0, 0.1) is 12.7 Å². The third-order valence-electron chi connectivity index (χ3n) is 7.72. The highest BCUT2D eigenvalue weighted by atomic mass is 32.2. The Morgan fingerprint density at radius 2 is 1.52 bits per heavy atom. The van der Waals surface area contributed by atoms with E-state index in [1.165, 1.54) is 59.5 Å². The van der Waals surface area contributed by atoms with E-state index in [0.717, 1.165) is 24.1 Å². The third kappa shape index (κ3) is 9.43. The number of amides is 2. The van der Waals surface area contributed by atoms with Gasteiger partial charge in [-0.1, -0.05) is 79.6 Å². The van der Waals surface area contributed by atoms with Gasteiger partial charge in [0.2, 0.25) is 11.8 Å². The predicted molar refractivity (Wildman–Crippen MR) is 176 cm³/mol. The second kappa shape index (κ2) is 15.9. The van der Waals surface area contributed by atoms with Gasteiger partial charge in [-0.25, -0.2) is 12.8 Å². The first kappa shape index (κ1) is 36.1. The van der Waals surface area contributed by atoms with E-state index in [4.69, 9.17) is 0 Å². The van der Waals surface area contributed by atoms with Crippen molar-refractivity contribution in [1.29, 1.82) is 0 Å². The molecule has 0 aliphatic carbocycles. The van der Waals surface area contributed by atoms with Gasteiger partial charge in [-0.2, -0.15) is 13.2 Å². The van der Waals surface area contributed by atoms with Crippen LogP contribution in [0.5, 0.6) is 0 Å². The van der Waals surface area contributed by atoms with Crippen LogP contribution in [0.15, 0.2) is 108 Å². The summed E-state index contributed by atoms with van der Waals surface area (Å²) in [6.45, 7) is 2.90. The van der Waals surface area contributed by atoms with Crippen molar-refractivity contribution in [3.05, 3.63) is 131 Å². The zero-order valence-corrected chi connectivity index (χ0v) is 27.4. The quantitative estimate of drug-likeness (QED) is 0.116. The van der Waals surface area contributed by atoms with Crippen LogP contribution in [0.4, 0.5) is 23.2 Å².